The molecule has 0 bridgehead atoms. The Balaban J connectivity index is 4.33. The third kappa shape index (κ3) is 3.23. The number of hydrazine groups is 1. The van der Waals surface area contributed by atoms with Gasteiger partial charge in [0.15, 0.2) is 5.60 Å². The minimum atomic E-state index is -1.69. The zero-order valence-corrected chi connectivity index (χ0v) is 8.80. The van der Waals surface area contributed by atoms with Crippen LogP contribution in [-0.4, -0.2) is 15.5 Å². The van der Waals surface area contributed by atoms with Gasteiger partial charge in [-0.05, 0) is 13.8 Å². The average Bonchev–Trinajstić information content (AvgIpc) is 1.84. The maximum absolute atomic E-state index is 10.6. The van der Waals surface area contributed by atoms with E-state index in [2.05, 4.69) is 4.74 Å². The van der Waals surface area contributed by atoms with Gasteiger partial charge in [-0.1, -0.05) is 34.8 Å². The van der Waals surface area contributed by atoms with Gasteiger partial charge < -0.3 is 4.74 Å². The molecule has 0 saturated carbocycles. The van der Waals surface area contributed by atoms with Crippen molar-refractivity contribution in [2.24, 2.45) is 5.84 Å². The third-order valence-electron chi connectivity index (χ3n) is 1.15. The second-order valence-corrected chi connectivity index (χ2v) is 4.82. The van der Waals surface area contributed by atoms with Crippen molar-refractivity contribution in [1.29, 1.82) is 0 Å². The summed E-state index contributed by atoms with van der Waals surface area (Å²) >= 11 is 16.5. The Labute approximate surface area is 85.2 Å². The predicted octanol–water partition coefficient (Wildman–Crippen LogP) is 1.74. The molecule has 12 heavy (non-hydrogen) atoms. The summed E-state index contributed by atoms with van der Waals surface area (Å²) in [6.45, 7) is 2.91. The number of amides is 1. The lowest BCUT2D eigenvalue weighted by molar-refractivity contribution is 0.0417. The van der Waals surface area contributed by atoms with Crippen LogP contribution in [0.5, 0.6) is 0 Å². The normalized spacial score (nSPS) is 12.5. The molecule has 0 saturated heterocycles. The smallest absolute Gasteiger partial charge is 0.422 e. The molecule has 0 atom stereocenters. The molecule has 0 unspecified atom stereocenters. The second-order valence-electron chi connectivity index (χ2n) is 2.54. The SMILES string of the molecule is CC(C)(OC(=O)NN)C(Cl)(Cl)Cl. The Bertz CT molecular complexity index is 178. The molecule has 72 valence electrons. The van der Waals surface area contributed by atoms with Gasteiger partial charge in [-0.25, -0.2) is 10.6 Å². The molecule has 0 fully saturated rings. The molecule has 0 aliphatic rings. The molecule has 4 nitrogen and oxygen atoms in total. The summed E-state index contributed by atoms with van der Waals surface area (Å²) in [5.74, 6) is 4.77. The zero-order valence-electron chi connectivity index (χ0n) is 6.53. The van der Waals surface area contributed by atoms with Gasteiger partial charge in [0.2, 0.25) is 3.79 Å². The van der Waals surface area contributed by atoms with Gasteiger partial charge >= 0.3 is 6.09 Å². The number of hydrogen-bond donors (Lipinski definition) is 2. The van der Waals surface area contributed by atoms with Crippen LogP contribution in [0.4, 0.5) is 4.79 Å². The third-order valence-corrected chi connectivity index (χ3v) is 2.51. The summed E-state index contributed by atoms with van der Waals surface area (Å²) in [5, 5.41) is 0. The molecule has 7 heteroatoms. The van der Waals surface area contributed by atoms with Gasteiger partial charge in [0.25, 0.3) is 0 Å². The topological polar surface area (TPSA) is 64.3 Å². The van der Waals surface area contributed by atoms with Crippen LogP contribution in [0.3, 0.4) is 0 Å². The van der Waals surface area contributed by atoms with Crippen molar-refractivity contribution in [1.82, 2.24) is 5.43 Å². The number of carbonyl (C=O) groups is 1. The number of alkyl halides is 3. The number of rotatable bonds is 1. The van der Waals surface area contributed by atoms with Gasteiger partial charge in [0.1, 0.15) is 0 Å². The van der Waals surface area contributed by atoms with Crippen LogP contribution in [0.2, 0.25) is 0 Å². The Morgan fingerprint density at radius 2 is 1.83 bits per heavy atom. The molecule has 0 rings (SSSR count). The number of hydrogen-bond acceptors (Lipinski definition) is 3. The molecule has 0 heterocycles. The molecule has 0 aromatic heterocycles. The van der Waals surface area contributed by atoms with Crippen molar-refractivity contribution >= 4 is 40.9 Å². The summed E-state index contributed by atoms with van der Waals surface area (Å²) in [7, 11) is 0. The van der Waals surface area contributed by atoms with E-state index in [1.807, 2.05) is 0 Å². The average molecular weight is 235 g/mol. The van der Waals surface area contributed by atoms with E-state index in [0.717, 1.165) is 0 Å². The van der Waals surface area contributed by atoms with E-state index < -0.39 is 15.5 Å². The molecule has 3 N–H and O–H groups in total. The maximum Gasteiger partial charge on any atom is 0.422 e. The largest absolute Gasteiger partial charge is 0.438 e. The Kier molecular flexibility index (Phi) is 3.90. The number of ether oxygens (including phenoxy) is 1. The molecule has 1 amide bonds. The van der Waals surface area contributed by atoms with Gasteiger partial charge in [0.05, 0.1) is 0 Å². The van der Waals surface area contributed by atoms with Gasteiger partial charge in [-0.3, -0.25) is 5.43 Å². The Hall–Kier alpha value is 0.1000. The summed E-state index contributed by atoms with van der Waals surface area (Å²) in [6, 6.07) is 0. The summed E-state index contributed by atoms with van der Waals surface area (Å²) < 4.78 is 2.99. The Morgan fingerprint density at radius 1 is 1.42 bits per heavy atom. The molecule has 0 radical (unpaired) electrons. The quantitative estimate of drug-likeness (QED) is 0.315. The summed E-state index contributed by atoms with van der Waals surface area (Å²) in [6.07, 6.45) is -0.855. The molecule has 0 aromatic carbocycles. The van der Waals surface area contributed by atoms with Crippen LogP contribution in [0.25, 0.3) is 0 Å². The lowest BCUT2D eigenvalue weighted by Crippen LogP contribution is -2.45. The minimum Gasteiger partial charge on any atom is -0.438 e. The fourth-order valence-electron chi connectivity index (χ4n) is 0.319. The molecular weight excluding hydrogens is 226 g/mol. The first-order valence-corrected chi connectivity index (χ1v) is 4.10. The fraction of sp³-hybridized carbons (Fsp3) is 0.800. The van der Waals surface area contributed by atoms with Crippen LogP contribution >= 0.6 is 34.8 Å². The summed E-state index contributed by atoms with van der Waals surface area (Å²) in [5.41, 5.74) is 0.521. The van der Waals surface area contributed by atoms with Crippen molar-refractivity contribution in [3.8, 4) is 0 Å². The van der Waals surface area contributed by atoms with E-state index in [0.29, 0.717) is 0 Å². The van der Waals surface area contributed by atoms with E-state index in [1.165, 1.54) is 13.8 Å². The van der Waals surface area contributed by atoms with Crippen LogP contribution in [0.1, 0.15) is 13.8 Å². The number of halogens is 3. The van der Waals surface area contributed by atoms with Crippen LogP contribution in [0, 0.1) is 0 Å². The highest BCUT2D eigenvalue weighted by atomic mass is 35.6. The van der Waals surface area contributed by atoms with Gasteiger partial charge in [0, 0.05) is 0 Å². The number of carbonyl (C=O) groups excluding carboxylic acids is 1. The monoisotopic (exact) mass is 234 g/mol. The Morgan fingerprint density at radius 3 is 2.08 bits per heavy atom. The molecule has 0 aliphatic carbocycles. The lowest BCUT2D eigenvalue weighted by atomic mass is 10.2. The van der Waals surface area contributed by atoms with Crippen molar-refractivity contribution in [2.75, 3.05) is 0 Å². The van der Waals surface area contributed by atoms with Gasteiger partial charge in [-0.15, -0.1) is 0 Å². The van der Waals surface area contributed by atoms with E-state index in [1.54, 1.807) is 5.43 Å². The van der Waals surface area contributed by atoms with Crippen LogP contribution in [-0.2, 0) is 4.74 Å². The standard InChI is InChI=1S/C5H9Cl3N2O2/c1-4(2,5(6,7)8)12-3(11)10-9/h9H2,1-2H3,(H,10,11). The van der Waals surface area contributed by atoms with Crippen LogP contribution < -0.4 is 11.3 Å². The van der Waals surface area contributed by atoms with Crippen molar-refractivity contribution < 1.29 is 9.53 Å². The number of nitrogens with two attached hydrogens (primary N) is 1. The van der Waals surface area contributed by atoms with Crippen molar-refractivity contribution in [3.63, 3.8) is 0 Å². The molecule has 0 spiro atoms. The second kappa shape index (κ2) is 3.87. The van der Waals surface area contributed by atoms with Gasteiger partial charge in [-0.2, -0.15) is 0 Å². The van der Waals surface area contributed by atoms with Crippen molar-refractivity contribution in [3.05, 3.63) is 0 Å². The first-order valence-electron chi connectivity index (χ1n) is 2.97. The lowest BCUT2D eigenvalue weighted by Gasteiger charge is -2.31. The highest BCUT2D eigenvalue weighted by molar-refractivity contribution is 6.68. The van der Waals surface area contributed by atoms with Crippen LogP contribution in [0.15, 0.2) is 0 Å². The molecule has 0 aliphatic heterocycles. The first kappa shape index (κ1) is 12.1. The zero-order chi connectivity index (χ0) is 9.99. The van der Waals surface area contributed by atoms with E-state index in [4.69, 9.17) is 40.6 Å². The van der Waals surface area contributed by atoms with E-state index in [-0.39, 0.29) is 0 Å². The number of nitrogens with one attached hydrogen (secondary N) is 1. The molecular formula is C5H9Cl3N2O2. The predicted molar refractivity (Wildman–Crippen MR) is 48.2 cm³/mol. The first-order chi connectivity index (χ1) is 5.20. The van der Waals surface area contributed by atoms with Crippen molar-refractivity contribution in [2.45, 2.75) is 23.2 Å². The molecule has 0 aromatic rings. The summed E-state index contributed by atoms with van der Waals surface area (Å²) in [4.78, 5) is 10.6. The highest BCUT2D eigenvalue weighted by Gasteiger charge is 2.44. The highest BCUT2D eigenvalue weighted by Crippen LogP contribution is 2.40. The maximum atomic E-state index is 10.6. The fourth-order valence-corrected chi connectivity index (χ4v) is 0.435. The minimum absolute atomic E-state index is 0.855. The van der Waals surface area contributed by atoms with E-state index in [9.17, 15) is 4.79 Å². The van der Waals surface area contributed by atoms with E-state index >= 15 is 0 Å².